The molecule has 5 nitrogen and oxygen atoms in total. The number of fused-ring (bicyclic) bond motifs is 1. The molecule has 1 aliphatic rings. The van der Waals surface area contributed by atoms with Crippen LogP contribution in [0.2, 0.25) is 0 Å². The second kappa shape index (κ2) is 8.41. The number of hydrogen-bond donors (Lipinski definition) is 0. The molecular weight excluding hydrogens is 378 g/mol. The lowest BCUT2D eigenvalue weighted by atomic mass is 9.84. The molecule has 30 heavy (non-hydrogen) atoms. The quantitative estimate of drug-likeness (QED) is 0.591. The normalized spacial score (nSPS) is 17.7. The summed E-state index contributed by atoms with van der Waals surface area (Å²) in [4.78, 5) is 27.7. The van der Waals surface area contributed by atoms with Crippen LogP contribution >= 0.6 is 0 Å². The van der Waals surface area contributed by atoms with Crippen LogP contribution in [0.15, 0.2) is 78.9 Å². The van der Waals surface area contributed by atoms with E-state index in [4.69, 9.17) is 9.47 Å². The van der Waals surface area contributed by atoms with Gasteiger partial charge in [0.05, 0.1) is 7.11 Å². The molecule has 0 N–H and O–H groups in total. The van der Waals surface area contributed by atoms with Crippen molar-refractivity contribution in [1.82, 2.24) is 4.90 Å². The number of hydrogen-bond acceptors (Lipinski definition) is 4. The highest BCUT2D eigenvalue weighted by Crippen LogP contribution is 2.35. The third-order valence-corrected chi connectivity index (χ3v) is 5.46. The number of rotatable bonds is 4. The van der Waals surface area contributed by atoms with Gasteiger partial charge in [0, 0.05) is 18.0 Å². The smallest absolute Gasteiger partial charge is 0.329 e. The minimum Gasteiger partial charge on any atom is -0.467 e. The fourth-order valence-electron chi connectivity index (χ4n) is 3.98. The largest absolute Gasteiger partial charge is 0.467 e. The highest BCUT2D eigenvalue weighted by atomic mass is 16.5. The van der Waals surface area contributed by atoms with Gasteiger partial charge in [-0.1, -0.05) is 55.5 Å². The Morgan fingerprint density at radius 2 is 1.60 bits per heavy atom. The van der Waals surface area contributed by atoms with Gasteiger partial charge in [-0.3, -0.25) is 4.79 Å². The number of para-hydroxylation sites is 1. The number of amides is 1. The summed E-state index contributed by atoms with van der Waals surface area (Å²) in [6.07, 6.45) is 0. The van der Waals surface area contributed by atoms with Gasteiger partial charge in [-0.2, -0.15) is 0 Å². The first-order chi connectivity index (χ1) is 14.6. The van der Waals surface area contributed by atoms with Gasteiger partial charge in [-0.05, 0) is 41.5 Å². The molecule has 0 saturated carbocycles. The lowest BCUT2D eigenvalue weighted by molar-refractivity contribution is -0.147. The number of esters is 1. The molecule has 0 bridgehead atoms. The fraction of sp³-hybridized carbons (Fsp3) is 0.200. The minimum atomic E-state index is -0.684. The van der Waals surface area contributed by atoms with E-state index < -0.39 is 12.0 Å². The topological polar surface area (TPSA) is 55.8 Å². The van der Waals surface area contributed by atoms with Gasteiger partial charge >= 0.3 is 5.97 Å². The molecule has 0 aromatic heterocycles. The van der Waals surface area contributed by atoms with E-state index in [1.165, 1.54) is 7.11 Å². The number of ether oxygens (including phenoxy) is 2. The predicted octanol–water partition coefficient (Wildman–Crippen LogP) is 4.78. The number of benzene rings is 3. The Balaban J connectivity index is 1.66. The standard InChI is InChI=1S/C25H23NO4/c1-17-22-14-7-6-9-19(22)16-26(23(17)25(28)29-2)24(27)18-10-8-13-21(15-18)30-20-11-4-3-5-12-20/h3-15,17,23H,16H2,1-2H3. The average molecular weight is 401 g/mol. The number of methoxy groups -OCH3 is 1. The number of carbonyl (C=O) groups is 2. The van der Waals surface area contributed by atoms with E-state index in [0.29, 0.717) is 23.6 Å². The summed E-state index contributed by atoms with van der Waals surface area (Å²) >= 11 is 0. The first kappa shape index (κ1) is 19.7. The van der Waals surface area contributed by atoms with Crippen molar-refractivity contribution in [2.75, 3.05) is 7.11 Å². The maximum atomic E-state index is 13.5. The van der Waals surface area contributed by atoms with Crippen LogP contribution in [-0.4, -0.2) is 29.9 Å². The molecule has 0 aliphatic carbocycles. The van der Waals surface area contributed by atoms with Crippen LogP contribution < -0.4 is 4.74 Å². The van der Waals surface area contributed by atoms with Crippen LogP contribution in [-0.2, 0) is 16.1 Å². The summed E-state index contributed by atoms with van der Waals surface area (Å²) in [5.74, 6) is 0.435. The van der Waals surface area contributed by atoms with E-state index in [1.807, 2.05) is 61.5 Å². The van der Waals surface area contributed by atoms with Crippen LogP contribution in [0.1, 0.15) is 34.3 Å². The molecule has 2 atom stereocenters. The Kier molecular flexibility index (Phi) is 5.53. The van der Waals surface area contributed by atoms with Gasteiger partial charge in [0.25, 0.3) is 5.91 Å². The van der Waals surface area contributed by atoms with Crippen molar-refractivity contribution in [2.24, 2.45) is 0 Å². The lowest BCUT2D eigenvalue weighted by Gasteiger charge is -2.39. The second-order valence-electron chi connectivity index (χ2n) is 7.33. The van der Waals surface area contributed by atoms with E-state index in [1.54, 1.807) is 29.2 Å². The van der Waals surface area contributed by atoms with Crippen molar-refractivity contribution in [3.05, 3.63) is 95.6 Å². The molecule has 1 heterocycles. The molecule has 3 aromatic rings. The van der Waals surface area contributed by atoms with E-state index in [2.05, 4.69) is 0 Å². The first-order valence-electron chi connectivity index (χ1n) is 9.88. The Bertz CT molecular complexity index is 1060. The van der Waals surface area contributed by atoms with E-state index in [0.717, 1.165) is 11.1 Å². The predicted molar refractivity (Wildman–Crippen MR) is 113 cm³/mol. The molecule has 3 aromatic carbocycles. The number of carbonyl (C=O) groups excluding carboxylic acids is 2. The van der Waals surface area contributed by atoms with E-state index in [-0.39, 0.29) is 11.8 Å². The summed E-state index contributed by atoms with van der Waals surface area (Å²) in [6.45, 7) is 2.30. The SMILES string of the molecule is COC(=O)C1C(C)c2ccccc2CN1C(=O)c1cccc(Oc2ccccc2)c1. The summed E-state index contributed by atoms with van der Waals surface area (Å²) in [6, 6.07) is 23.6. The van der Waals surface area contributed by atoms with Gasteiger partial charge < -0.3 is 14.4 Å². The zero-order valence-electron chi connectivity index (χ0n) is 16.9. The zero-order valence-corrected chi connectivity index (χ0v) is 16.9. The molecule has 5 heteroatoms. The van der Waals surface area contributed by atoms with Gasteiger partial charge in [0.1, 0.15) is 17.5 Å². The van der Waals surface area contributed by atoms with Crippen LogP contribution in [0.4, 0.5) is 0 Å². The van der Waals surface area contributed by atoms with Gasteiger partial charge in [-0.15, -0.1) is 0 Å². The monoisotopic (exact) mass is 401 g/mol. The molecule has 1 aliphatic heterocycles. The summed E-state index contributed by atoms with van der Waals surface area (Å²) in [5, 5.41) is 0. The highest BCUT2D eigenvalue weighted by molar-refractivity contribution is 5.97. The molecule has 0 spiro atoms. The third kappa shape index (κ3) is 3.79. The highest BCUT2D eigenvalue weighted by Gasteiger charge is 2.40. The molecule has 152 valence electrons. The lowest BCUT2D eigenvalue weighted by Crippen LogP contribution is -2.50. The van der Waals surface area contributed by atoms with E-state index >= 15 is 0 Å². The van der Waals surface area contributed by atoms with Crippen molar-refractivity contribution in [1.29, 1.82) is 0 Å². The zero-order chi connectivity index (χ0) is 21.1. The molecule has 2 unspecified atom stereocenters. The summed E-state index contributed by atoms with van der Waals surface area (Å²) in [7, 11) is 1.35. The van der Waals surface area contributed by atoms with Crippen molar-refractivity contribution in [3.8, 4) is 11.5 Å². The summed E-state index contributed by atoms with van der Waals surface area (Å²) in [5.41, 5.74) is 2.57. The van der Waals surface area contributed by atoms with Crippen molar-refractivity contribution >= 4 is 11.9 Å². The van der Waals surface area contributed by atoms with Gasteiger partial charge in [-0.25, -0.2) is 4.79 Å². The first-order valence-corrected chi connectivity index (χ1v) is 9.88. The maximum absolute atomic E-state index is 13.5. The Morgan fingerprint density at radius 1 is 0.900 bits per heavy atom. The van der Waals surface area contributed by atoms with Crippen molar-refractivity contribution in [2.45, 2.75) is 25.4 Å². The second-order valence-corrected chi connectivity index (χ2v) is 7.33. The van der Waals surface area contributed by atoms with Crippen LogP contribution in [0.25, 0.3) is 0 Å². The van der Waals surface area contributed by atoms with Crippen LogP contribution in [0, 0.1) is 0 Å². The van der Waals surface area contributed by atoms with Gasteiger partial charge in [0.15, 0.2) is 0 Å². The average Bonchev–Trinajstić information content (AvgIpc) is 2.79. The molecule has 0 saturated heterocycles. The Labute approximate surface area is 175 Å². The molecule has 4 rings (SSSR count). The number of nitrogens with zero attached hydrogens (tertiary/aromatic N) is 1. The maximum Gasteiger partial charge on any atom is 0.329 e. The summed E-state index contributed by atoms with van der Waals surface area (Å²) < 4.78 is 10.9. The Hall–Kier alpha value is -3.60. The van der Waals surface area contributed by atoms with Crippen molar-refractivity contribution < 1.29 is 19.1 Å². The minimum absolute atomic E-state index is 0.171. The van der Waals surface area contributed by atoms with E-state index in [9.17, 15) is 9.59 Å². The molecule has 0 fully saturated rings. The Morgan fingerprint density at radius 3 is 2.37 bits per heavy atom. The van der Waals surface area contributed by atoms with Crippen molar-refractivity contribution in [3.63, 3.8) is 0 Å². The molecular formula is C25H23NO4. The fourth-order valence-corrected chi connectivity index (χ4v) is 3.98. The van der Waals surface area contributed by atoms with Gasteiger partial charge in [0.2, 0.25) is 0 Å². The molecule has 0 radical (unpaired) electrons. The third-order valence-electron chi connectivity index (χ3n) is 5.46. The van der Waals surface area contributed by atoms with Crippen LogP contribution in [0.3, 0.4) is 0 Å². The molecule has 1 amide bonds. The van der Waals surface area contributed by atoms with Crippen LogP contribution in [0.5, 0.6) is 11.5 Å².